The van der Waals surface area contributed by atoms with Gasteiger partial charge in [0.1, 0.15) is 22.7 Å². The number of rotatable bonds is 5. The smallest absolute Gasteiger partial charge is 0.339 e. The molecule has 0 saturated carbocycles. The highest BCUT2D eigenvalue weighted by Gasteiger charge is 2.21. The van der Waals surface area contributed by atoms with Gasteiger partial charge >= 0.3 is 5.97 Å². The summed E-state index contributed by atoms with van der Waals surface area (Å²) in [5.74, 6) is -0.701. The minimum absolute atomic E-state index is 0.00272. The Kier molecular flexibility index (Phi) is 3.70. The molecule has 2 heterocycles. The van der Waals surface area contributed by atoms with E-state index in [1.165, 1.54) is 19.1 Å². The molecule has 0 fully saturated rings. The van der Waals surface area contributed by atoms with Gasteiger partial charge in [-0.1, -0.05) is 18.2 Å². The molecule has 0 unspecified atom stereocenters. The van der Waals surface area contributed by atoms with Crippen molar-refractivity contribution in [1.82, 2.24) is 4.72 Å². The summed E-state index contributed by atoms with van der Waals surface area (Å²) in [6, 6.07) is 9.65. The molecular formula is C15H13NO6S. The fraction of sp³-hybridized carbons (Fsp3) is 0.133. The molecular weight excluding hydrogens is 322 g/mol. The summed E-state index contributed by atoms with van der Waals surface area (Å²) >= 11 is 0. The van der Waals surface area contributed by atoms with Gasteiger partial charge in [0, 0.05) is 11.5 Å². The molecule has 23 heavy (non-hydrogen) atoms. The van der Waals surface area contributed by atoms with Crippen LogP contribution in [-0.2, 0) is 16.6 Å². The van der Waals surface area contributed by atoms with E-state index in [2.05, 4.69) is 4.72 Å². The Morgan fingerprint density at radius 3 is 2.61 bits per heavy atom. The van der Waals surface area contributed by atoms with Crippen LogP contribution in [0.15, 0.2) is 50.3 Å². The molecule has 2 N–H and O–H groups in total. The van der Waals surface area contributed by atoms with Crippen molar-refractivity contribution < 1.29 is 27.2 Å². The zero-order valence-corrected chi connectivity index (χ0v) is 12.9. The minimum atomic E-state index is -3.87. The van der Waals surface area contributed by atoms with E-state index in [-0.39, 0.29) is 28.7 Å². The number of furan rings is 2. The maximum atomic E-state index is 12.2. The van der Waals surface area contributed by atoms with Gasteiger partial charge in [0.2, 0.25) is 5.09 Å². The molecule has 2 aromatic heterocycles. The monoisotopic (exact) mass is 335 g/mol. The second-order valence-electron chi connectivity index (χ2n) is 4.92. The average Bonchev–Trinajstić information content (AvgIpc) is 3.09. The number of para-hydroxylation sites is 1. The molecule has 3 rings (SSSR count). The molecule has 8 heteroatoms. The number of hydrogen-bond donors (Lipinski definition) is 2. The summed E-state index contributed by atoms with van der Waals surface area (Å²) in [6.45, 7) is 1.33. The first-order chi connectivity index (χ1) is 10.9. The lowest BCUT2D eigenvalue weighted by atomic mass is 10.2. The molecule has 0 bridgehead atoms. The summed E-state index contributed by atoms with van der Waals surface area (Å²) in [6.07, 6.45) is 0. The van der Waals surface area contributed by atoms with Gasteiger partial charge in [0.05, 0.1) is 6.54 Å². The lowest BCUT2D eigenvalue weighted by Crippen LogP contribution is -2.22. The van der Waals surface area contributed by atoms with Crippen LogP contribution in [0.1, 0.15) is 21.9 Å². The Balaban J connectivity index is 1.81. The van der Waals surface area contributed by atoms with E-state index in [0.29, 0.717) is 11.0 Å². The lowest BCUT2D eigenvalue weighted by molar-refractivity contribution is 0.0695. The van der Waals surface area contributed by atoms with Gasteiger partial charge in [-0.25, -0.2) is 17.9 Å². The fourth-order valence-electron chi connectivity index (χ4n) is 2.17. The number of aromatic carboxylic acids is 1. The van der Waals surface area contributed by atoms with Gasteiger partial charge in [-0.2, -0.15) is 0 Å². The van der Waals surface area contributed by atoms with Crippen LogP contribution in [0.25, 0.3) is 11.0 Å². The van der Waals surface area contributed by atoms with Gasteiger partial charge in [-0.05, 0) is 19.1 Å². The first-order valence-electron chi connectivity index (χ1n) is 6.67. The molecule has 7 nitrogen and oxygen atoms in total. The minimum Gasteiger partial charge on any atom is -0.478 e. The third-order valence-corrected chi connectivity index (χ3v) is 4.56. The molecule has 120 valence electrons. The number of benzene rings is 1. The Bertz CT molecular complexity index is 949. The number of carbonyl (C=O) groups is 1. The van der Waals surface area contributed by atoms with Crippen molar-refractivity contribution in [2.45, 2.75) is 18.6 Å². The maximum Gasteiger partial charge on any atom is 0.339 e. The number of sulfonamides is 1. The molecule has 0 aliphatic heterocycles. The van der Waals surface area contributed by atoms with Gasteiger partial charge in [-0.3, -0.25) is 0 Å². The van der Waals surface area contributed by atoms with Crippen molar-refractivity contribution in [2.75, 3.05) is 0 Å². The number of hydrogen-bond acceptors (Lipinski definition) is 5. The van der Waals surface area contributed by atoms with Gasteiger partial charge in [-0.15, -0.1) is 0 Å². The van der Waals surface area contributed by atoms with Crippen LogP contribution in [0, 0.1) is 6.92 Å². The standard InChI is InChI=1S/C15H13NO6S/c1-9-12(15(17)18)7-11(21-9)8-16-23(19,20)14-6-10-4-2-3-5-13(10)22-14/h2-7,16H,8H2,1H3,(H,17,18). The highest BCUT2D eigenvalue weighted by Crippen LogP contribution is 2.22. The van der Waals surface area contributed by atoms with E-state index < -0.39 is 16.0 Å². The zero-order chi connectivity index (χ0) is 16.6. The molecule has 3 aromatic rings. The number of fused-ring (bicyclic) bond motifs is 1. The van der Waals surface area contributed by atoms with Crippen molar-refractivity contribution in [1.29, 1.82) is 0 Å². The molecule has 0 spiro atoms. The number of carboxylic acids is 1. The van der Waals surface area contributed by atoms with Crippen LogP contribution in [0.4, 0.5) is 0 Å². The lowest BCUT2D eigenvalue weighted by Gasteiger charge is -2.01. The van der Waals surface area contributed by atoms with Crippen LogP contribution in [0.2, 0.25) is 0 Å². The molecule has 1 aromatic carbocycles. The number of carboxylic acid groups (broad SMARTS) is 1. The van der Waals surface area contributed by atoms with E-state index in [1.54, 1.807) is 24.3 Å². The Labute approximate surface area is 131 Å². The zero-order valence-electron chi connectivity index (χ0n) is 12.1. The second kappa shape index (κ2) is 5.56. The molecule has 0 radical (unpaired) electrons. The maximum absolute atomic E-state index is 12.2. The number of nitrogens with one attached hydrogen (secondary N) is 1. The highest BCUT2D eigenvalue weighted by molar-refractivity contribution is 7.89. The van der Waals surface area contributed by atoms with Gasteiger partial charge in [0.15, 0.2) is 0 Å². The summed E-state index contributed by atoms with van der Waals surface area (Å²) in [5, 5.41) is 9.42. The second-order valence-corrected chi connectivity index (χ2v) is 6.61. The first kappa shape index (κ1) is 15.3. The summed E-state index contributed by atoms with van der Waals surface area (Å²) in [4.78, 5) is 10.9. The van der Waals surface area contributed by atoms with Crippen LogP contribution in [0.5, 0.6) is 0 Å². The normalized spacial score (nSPS) is 11.9. The van der Waals surface area contributed by atoms with E-state index in [4.69, 9.17) is 13.9 Å². The van der Waals surface area contributed by atoms with Gasteiger partial charge < -0.3 is 13.9 Å². The number of aryl methyl sites for hydroxylation is 1. The SMILES string of the molecule is Cc1oc(CNS(=O)(=O)c2cc3ccccc3o2)cc1C(=O)O. The van der Waals surface area contributed by atoms with E-state index >= 15 is 0 Å². The topological polar surface area (TPSA) is 110 Å². The van der Waals surface area contributed by atoms with Crippen molar-refractivity contribution in [2.24, 2.45) is 0 Å². The Morgan fingerprint density at radius 2 is 1.96 bits per heavy atom. The highest BCUT2D eigenvalue weighted by atomic mass is 32.2. The van der Waals surface area contributed by atoms with E-state index in [0.717, 1.165) is 0 Å². The molecule has 0 aliphatic rings. The van der Waals surface area contributed by atoms with Crippen molar-refractivity contribution in [3.8, 4) is 0 Å². The van der Waals surface area contributed by atoms with Crippen LogP contribution >= 0.6 is 0 Å². The van der Waals surface area contributed by atoms with Gasteiger partial charge in [0.25, 0.3) is 10.0 Å². The molecule has 0 saturated heterocycles. The summed E-state index contributed by atoms with van der Waals surface area (Å²) in [5.41, 5.74) is 0.470. The molecule has 0 aliphatic carbocycles. The fourth-order valence-corrected chi connectivity index (χ4v) is 3.13. The van der Waals surface area contributed by atoms with Crippen molar-refractivity contribution in [3.63, 3.8) is 0 Å². The summed E-state index contributed by atoms with van der Waals surface area (Å²) in [7, 11) is -3.87. The van der Waals surface area contributed by atoms with Crippen LogP contribution < -0.4 is 4.72 Å². The van der Waals surface area contributed by atoms with E-state index in [1.807, 2.05) is 0 Å². The molecule has 0 atom stereocenters. The average molecular weight is 335 g/mol. The van der Waals surface area contributed by atoms with Crippen molar-refractivity contribution >= 4 is 27.0 Å². The largest absolute Gasteiger partial charge is 0.478 e. The Hall–Kier alpha value is -2.58. The van der Waals surface area contributed by atoms with Crippen LogP contribution in [0.3, 0.4) is 0 Å². The third-order valence-electron chi connectivity index (χ3n) is 3.30. The Morgan fingerprint density at radius 1 is 1.22 bits per heavy atom. The predicted octanol–water partition coefficient (Wildman–Crippen LogP) is 2.51. The predicted molar refractivity (Wildman–Crippen MR) is 80.6 cm³/mol. The van der Waals surface area contributed by atoms with Crippen LogP contribution in [-0.4, -0.2) is 19.5 Å². The summed E-state index contributed by atoms with van der Waals surface area (Å²) < 4.78 is 37.3. The van der Waals surface area contributed by atoms with Crippen molar-refractivity contribution in [3.05, 3.63) is 53.5 Å². The first-order valence-corrected chi connectivity index (χ1v) is 8.16. The molecule has 0 amide bonds. The quantitative estimate of drug-likeness (QED) is 0.741. The van der Waals surface area contributed by atoms with E-state index in [9.17, 15) is 13.2 Å². The third kappa shape index (κ3) is 2.99.